The smallest absolute Gasteiger partial charge is 0.229 e. The number of quaternary nitrogens is 2. The van der Waals surface area contributed by atoms with E-state index >= 15 is 0 Å². The lowest BCUT2D eigenvalue weighted by atomic mass is 9.53. The van der Waals surface area contributed by atoms with Crippen LogP contribution >= 0.6 is 0 Å². The average Bonchev–Trinajstić information content (AvgIpc) is 3.87. The number of carbonyl (C=O) groups is 2. The summed E-state index contributed by atoms with van der Waals surface area (Å²) in [6, 6.07) is 19.8. The molecule has 0 N–H and O–H groups in total. The van der Waals surface area contributed by atoms with Gasteiger partial charge >= 0.3 is 0 Å². The van der Waals surface area contributed by atoms with Crippen molar-refractivity contribution in [2.24, 2.45) is 23.7 Å². The molecular formula is C49H58N4O4+2. The van der Waals surface area contributed by atoms with Crippen LogP contribution in [0.3, 0.4) is 0 Å². The van der Waals surface area contributed by atoms with Crippen LogP contribution in [0, 0.1) is 23.7 Å². The molecule has 2 amide bonds. The average molecular weight is 767 g/mol. The largest absolute Gasteiger partial charge is 0.373 e. The highest BCUT2D eigenvalue weighted by Crippen LogP contribution is 2.69. The molecule has 8 nitrogen and oxygen atoms in total. The summed E-state index contributed by atoms with van der Waals surface area (Å²) in [4.78, 5) is 32.4. The van der Waals surface area contributed by atoms with Gasteiger partial charge in [0.15, 0.2) is 0 Å². The van der Waals surface area contributed by atoms with Crippen molar-refractivity contribution in [1.29, 1.82) is 0 Å². The zero-order valence-electron chi connectivity index (χ0n) is 33.4. The van der Waals surface area contributed by atoms with E-state index in [4.69, 9.17) is 9.47 Å². The summed E-state index contributed by atoms with van der Waals surface area (Å²) in [6.07, 6.45) is 17.6. The topological polar surface area (TPSA) is 59.1 Å². The maximum absolute atomic E-state index is 13.9. The molecule has 8 fully saturated rings. The van der Waals surface area contributed by atoms with Crippen LogP contribution in [0.1, 0.15) is 81.8 Å². The Morgan fingerprint density at radius 2 is 1.07 bits per heavy atom. The number of carbonyl (C=O) groups excluding carboxylic acids is 2. The van der Waals surface area contributed by atoms with Gasteiger partial charge in [-0.25, -0.2) is 0 Å². The second-order valence-corrected chi connectivity index (χ2v) is 21.0. The van der Waals surface area contributed by atoms with Crippen LogP contribution < -0.4 is 9.80 Å². The summed E-state index contributed by atoms with van der Waals surface area (Å²) < 4.78 is 15.6. The van der Waals surface area contributed by atoms with Crippen molar-refractivity contribution in [3.05, 3.63) is 83.0 Å². The first kappa shape index (κ1) is 33.5. The van der Waals surface area contributed by atoms with Gasteiger partial charge in [0.25, 0.3) is 0 Å². The van der Waals surface area contributed by atoms with Gasteiger partial charge in [0.05, 0.1) is 87.4 Å². The highest BCUT2D eigenvalue weighted by atomic mass is 16.5. The molecule has 14 atom stereocenters. The molecule has 296 valence electrons. The quantitative estimate of drug-likeness (QED) is 0.183. The Hall–Kier alpha value is -3.30. The minimum absolute atomic E-state index is 0.0635. The molecule has 14 rings (SSSR count). The number of para-hydroxylation sites is 2. The predicted octanol–water partition coefficient (Wildman–Crippen LogP) is 6.18. The lowest BCUT2D eigenvalue weighted by molar-refractivity contribution is -0.943. The molecule has 2 unspecified atom stereocenters. The molecule has 2 spiro atoms. The SMILES string of the molecule is O=C1C[C@@H]2OCC=C3C[N+]4(CCCCCCC[N+]56CC[C@@]78c9ccccc9N9C(=O)C[C@@H]%10OCC=C(C5)[C@H](C[C@@H]76)[C@@H]%10[C@H]98)CC[C@]56c7ccccc7N1[C@H]5[C@H]2[C@H]3C[C@@H]64. The van der Waals surface area contributed by atoms with E-state index in [0.29, 0.717) is 73.6 Å². The number of anilines is 2. The molecule has 10 heterocycles. The number of rotatable bonds is 8. The van der Waals surface area contributed by atoms with E-state index in [9.17, 15) is 9.59 Å². The van der Waals surface area contributed by atoms with Crippen LogP contribution in [0.25, 0.3) is 0 Å². The summed E-state index contributed by atoms with van der Waals surface area (Å²) in [5.41, 5.74) is 8.85. The number of fused-ring (bicyclic) bond motifs is 4. The maximum atomic E-state index is 13.9. The van der Waals surface area contributed by atoms with Crippen molar-refractivity contribution >= 4 is 23.2 Å². The molecule has 2 aromatic carbocycles. The summed E-state index contributed by atoms with van der Waals surface area (Å²) in [5, 5.41) is 0. The molecule has 2 aliphatic carbocycles. The number of benzene rings is 2. The number of ether oxygens (including phenoxy) is 2. The molecule has 10 aliphatic heterocycles. The summed E-state index contributed by atoms with van der Waals surface area (Å²) in [6.45, 7) is 8.80. The fraction of sp³-hybridized carbons (Fsp3) is 0.633. The van der Waals surface area contributed by atoms with Gasteiger partial charge in [0, 0.05) is 48.9 Å². The summed E-state index contributed by atoms with van der Waals surface area (Å²) in [7, 11) is 0. The van der Waals surface area contributed by atoms with E-state index in [2.05, 4.69) is 70.5 Å². The Morgan fingerprint density at radius 3 is 1.56 bits per heavy atom. The number of unbranched alkanes of at least 4 members (excludes halogenated alkanes) is 4. The lowest BCUT2D eigenvalue weighted by Gasteiger charge is -2.60. The van der Waals surface area contributed by atoms with Crippen molar-refractivity contribution in [2.75, 3.05) is 62.3 Å². The van der Waals surface area contributed by atoms with E-state index in [1.165, 1.54) is 129 Å². The molecule has 6 saturated heterocycles. The molecule has 57 heavy (non-hydrogen) atoms. The van der Waals surface area contributed by atoms with Crippen LogP contribution in [0.2, 0.25) is 0 Å². The fourth-order valence-corrected chi connectivity index (χ4v) is 18.0. The Bertz CT molecular complexity index is 2050. The fourth-order valence-electron chi connectivity index (χ4n) is 18.0. The lowest BCUT2D eigenvalue weighted by Crippen LogP contribution is -2.73. The molecule has 0 aromatic heterocycles. The number of hydrogen-bond donors (Lipinski definition) is 0. The van der Waals surface area contributed by atoms with E-state index < -0.39 is 0 Å². The van der Waals surface area contributed by atoms with Crippen molar-refractivity contribution in [3.63, 3.8) is 0 Å². The second kappa shape index (κ2) is 11.3. The summed E-state index contributed by atoms with van der Waals surface area (Å²) >= 11 is 0. The van der Waals surface area contributed by atoms with E-state index in [0.717, 1.165) is 0 Å². The molecule has 0 radical (unpaired) electrons. The Morgan fingerprint density at radius 1 is 0.614 bits per heavy atom. The minimum Gasteiger partial charge on any atom is -0.373 e. The van der Waals surface area contributed by atoms with Crippen LogP contribution in [-0.4, -0.2) is 110 Å². The third kappa shape index (κ3) is 3.89. The van der Waals surface area contributed by atoms with Crippen LogP contribution in [0.15, 0.2) is 71.8 Å². The predicted molar refractivity (Wildman–Crippen MR) is 216 cm³/mol. The molecular weight excluding hydrogens is 709 g/mol. The van der Waals surface area contributed by atoms with Crippen LogP contribution in [0.4, 0.5) is 11.4 Å². The van der Waals surface area contributed by atoms with Crippen molar-refractivity contribution in [3.8, 4) is 0 Å². The maximum Gasteiger partial charge on any atom is 0.229 e. The van der Waals surface area contributed by atoms with Gasteiger partial charge in [-0.3, -0.25) is 9.59 Å². The molecule has 2 aromatic rings. The third-order valence-corrected chi connectivity index (χ3v) is 19.6. The third-order valence-electron chi connectivity index (χ3n) is 19.6. The second-order valence-electron chi connectivity index (χ2n) is 21.0. The number of hydrogen-bond acceptors (Lipinski definition) is 4. The first-order valence-electron chi connectivity index (χ1n) is 23.1. The Balaban J connectivity index is 0.698. The standard InChI is InChI=1S/C49H58N4O4/c54-42-26-38-44-32-24-40-48(34-10-4-6-12-36(34)50(42)46(44)48)16-20-52(40,28-30(32)14-22-56-38)18-8-2-1-3-9-19-53-21-17-49-35-11-5-7-13-37(35)51-43(55)27-39-45(47(49)51)33(25-41(49)53)31(29-53)15-23-57-39/h4-7,10-15,32-33,38-41,44-47H,1-3,8-9,16-29H2/q+2/t32-,33-,38-,39-,40-,41-,44-,45-,46-,47-,48+,49+,52?,53?/m0/s1. The highest BCUT2D eigenvalue weighted by molar-refractivity contribution is 6.00. The van der Waals surface area contributed by atoms with Gasteiger partial charge in [-0.05, 0) is 71.9 Å². The molecule has 8 heteroatoms. The Labute approximate surface area is 337 Å². The van der Waals surface area contributed by atoms with Gasteiger partial charge in [-0.1, -0.05) is 55.0 Å². The summed E-state index contributed by atoms with van der Waals surface area (Å²) in [5.74, 6) is 2.56. The normalized spacial score (nSPS) is 46.6. The van der Waals surface area contributed by atoms with Crippen LogP contribution in [0.5, 0.6) is 0 Å². The van der Waals surface area contributed by atoms with Gasteiger partial charge in [-0.2, -0.15) is 0 Å². The molecule has 4 bridgehead atoms. The number of nitrogens with zero attached hydrogens (tertiary/aromatic N) is 4. The zero-order chi connectivity index (χ0) is 37.5. The van der Waals surface area contributed by atoms with E-state index in [1.807, 2.05) is 0 Å². The van der Waals surface area contributed by atoms with E-state index in [-0.39, 0.29) is 35.1 Å². The van der Waals surface area contributed by atoms with Crippen molar-refractivity contribution in [2.45, 2.75) is 118 Å². The van der Waals surface area contributed by atoms with Gasteiger partial charge < -0.3 is 28.2 Å². The first-order chi connectivity index (χ1) is 28.0. The molecule has 12 aliphatic rings. The molecule has 2 saturated carbocycles. The van der Waals surface area contributed by atoms with Gasteiger partial charge in [0.1, 0.15) is 25.2 Å². The van der Waals surface area contributed by atoms with Crippen molar-refractivity contribution < 1.29 is 28.0 Å². The monoisotopic (exact) mass is 766 g/mol. The highest BCUT2D eigenvalue weighted by Gasteiger charge is 2.77. The number of piperidine rings is 4. The van der Waals surface area contributed by atoms with Crippen molar-refractivity contribution in [1.82, 2.24) is 0 Å². The minimum atomic E-state index is 0.0635. The zero-order valence-corrected chi connectivity index (χ0v) is 33.4. The van der Waals surface area contributed by atoms with Gasteiger partial charge in [-0.15, -0.1) is 0 Å². The van der Waals surface area contributed by atoms with Gasteiger partial charge in [0.2, 0.25) is 11.8 Å². The Kier molecular flexibility index (Phi) is 6.64. The first-order valence-corrected chi connectivity index (χ1v) is 23.1. The van der Waals surface area contributed by atoms with E-state index in [1.54, 1.807) is 11.1 Å². The van der Waals surface area contributed by atoms with Crippen LogP contribution in [-0.2, 0) is 29.9 Å². The number of amides is 2.